The second kappa shape index (κ2) is 7.74. The van der Waals surface area contributed by atoms with Crippen LogP contribution in [0, 0.1) is 0 Å². The molecule has 0 spiro atoms. The Morgan fingerprint density at radius 2 is 1.79 bits per heavy atom. The largest absolute Gasteiger partial charge is 0.493 e. The molecular weight excluding hydrogens is 352 g/mol. The second-order valence-corrected chi connectivity index (χ2v) is 6.56. The number of nitrogens with zero attached hydrogens (tertiary/aromatic N) is 2. The number of ether oxygens (including phenoxy) is 2. The Hall–Kier alpha value is -3.31. The fourth-order valence-corrected chi connectivity index (χ4v) is 3.39. The standard InChI is InChI=1S/C23H22N2O3/c1-27-21-13-11-17(14-22(21)28-2)23(26)16-8-9-18-15-24-25(20(18)12-10-16)19-6-4-3-5-7-19/h3-8,10-15,23,26H,9H2,1-2H3. The topological polar surface area (TPSA) is 56.5 Å². The number of aliphatic hydroxyl groups is 1. The number of rotatable bonds is 5. The zero-order chi connectivity index (χ0) is 19.5. The Morgan fingerprint density at radius 3 is 2.54 bits per heavy atom. The lowest BCUT2D eigenvalue weighted by molar-refractivity contribution is 0.218. The lowest BCUT2D eigenvalue weighted by Gasteiger charge is -2.15. The molecule has 142 valence electrons. The van der Waals surface area contributed by atoms with Crippen LogP contribution in [0.1, 0.15) is 22.9 Å². The minimum Gasteiger partial charge on any atom is -0.493 e. The summed E-state index contributed by atoms with van der Waals surface area (Å²) in [6.45, 7) is 0. The number of aromatic nitrogens is 2. The van der Waals surface area contributed by atoms with E-state index in [1.54, 1.807) is 20.3 Å². The highest BCUT2D eigenvalue weighted by molar-refractivity contribution is 5.59. The molecule has 4 rings (SSSR count). The molecule has 5 heteroatoms. The SMILES string of the molecule is COc1ccc(C(O)C2=CCc3cnn(-c4ccccc4)c3C=C2)cc1OC. The van der Waals surface area contributed by atoms with E-state index in [2.05, 4.69) is 5.10 Å². The van der Waals surface area contributed by atoms with Gasteiger partial charge in [0.05, 0.1) is 31.8 Å². The van der Waals surface area contributed by atoms with Gasteiger partial charge in [0.2, 0.25) is 0 Å². The van der Waals surface area contributed by atoms with Crippen molar-refractivity contribution in [3.8, 4) is 17.2 Å². The molecule has 0 saturated heterocycles. The summed E-state index contributed by atoms with van der Waals surface area (Å²) in [7, 11) is 3.18. The number of benzene rings is 2. The van der Waals surface area contributed by atoms with E-state index in [1.165, 1.54) is 0 Å². The van der Waals surface area contributed by atoms with Crippen LogP contribution in [0.15, 0.2) is 72.5 Å². The molecule has 2 aromatic carbocycles. The van der Waals surface area contributed by atoms with Crippen LogP contribution in [-0.4, -0.2) is 29.1 Å². The normalized spacial score (nSPS) is 14.0. The van der Waals surface area contributed by atoms with Crippen molar-refractivity contribution in [1.82, 2.24) is 9.78 Å². The number of hydrogen-bond donors (Lipinski definition) is 1. The molecule has 0 fully saturated rings. The number of allylic oxidation sites excluding steroid dienone is 1. The van der Waals surface area contributed by atoms with Crippen molar-refractivity contribution in [2.24, 2.45) is 0 Å². The average Bonchev–Trinajstić information content (AvgIpc) is 3.04. The van der Waals surface area contributed by atoms with Crippen LogP contribution < -0.4 is 9.47 Å². The van der Waals surface area contributed by atoms with Gasteiger partial charge in [-0.05, 0) is 47.9 Å². The highest BCUT2D eigenvalue weighted by atomic mass is 16.5. The van der Waals surface area contributed by atoms with Gasteiger partial charge in [-0.15, -0.1) is 0 Å². The summed E-state index contributed by atoms with van der Waals surface area (Å²) in [5.41, 5.74) is 4.75. The van der Waals surface area contributed by atoms with Crippen molar-refractivity contribution < 1.29 is 14.6 Å². The molecule has 0 aliphatic heterocycles. The van der Waals surface area contributed by atoms with Crippen LogP contribution in [0.25, 0.3) is 11.8 Å². The molecule has 1 aliphatic carbocycles. The molecule has 1 aromatic heterocycles. The molecule has 1 unspecified atom stereocenters. The molecule has 5 nitrogen and oxygen atoms in total. The molecule has 1 atom stereocenters. The quantitative estimate of drug-likeness (QED) is 0.730. The Morgan fingerprint density at radius 1 is 1.00 bits per heavy atom. The van der Waals surface area contributed by atoms with Gasteiger partial charge in [0, 0.05) is 5.56 Å². The van der Waals surface area contributed by atoms with Gasteiger partial charge in [-0.1, -0.05) is 36.4 Å². The first kappa shape index (κ1) is 18.1. The number of fused-ring (bicyclic) bond motifs is 1. The Balaban J connectivity index is 1.63. The highest BCUT2D eigenvalue weighted by Gasteiger charge is 2.18. The third-order valence-corrected chi connectivity index (χ3v) is 4.92. The molecule has 1 N–H and O–H groups in total. The van der Waals surface area contributed by atoms with Gasteiger partial charge in [-0.3, -0.25) is 0 Å². The maximum atomic E-state index is 10.9. The predicted molar refractivity (Wildman–Crippen MR) is 109 cm³/mol. The summed E-state index contributed by atoms with van der Waals surface area (Å²) < 4.78 is 12.6. The minimum absolute atomic E-state index is 0.597. The first-order valence-corrected chi connectivity index (χ1v) is 9.11. The van der Waals surface area contributed by atoms with E-state index in [-0.39, 0.29) is 0 Å². The van der Waals surface area contributed by atoms with Crippen LogP contribution in [0.2, 0.25) is 0 Å². The van der Waals surface area contributed by atoms with E-state index in [4.69, 9.17) is 9.47 Å². The van der Waals surface area contributed by atoms with Crippen LogP contribution in [0.3, 0.4) is 0 Å². The fraction of sp³-hybridized carbons (Fsp3) is 0.174. The third-order valence-electron chi connectivity index (χ3n) is 4.92. The van der Waals surface area contributed by atoms with E-state index in [1.807, 2.05) is 71.6 Å². The van der Waals surface area contributed by atoms with Crippen LogP contribution in [-0.2, 0) is 6.42 Å². The zero-order valence-corrected chi connectivity index (χ0v) is 15.9. The predicted octanol–water partition coefficient (Wildman–Crippen LogP) is 4.12. The number of aliphatic hydroxyl groups excluding tert-OH is 1. The summed E-state index contributed by atoms with van der Waals surface area (Å²) in [4.78, 5) is 0. The number of hydrogen-bond acceptors (Lipinski definition) is 4. The molecule has 3 aromatic rings. The number of para-hydroxylation sites is 1. The van der Waals surface area contributed by atoms with Gasteiger partial charge < -0.3 is 14.6 Å². The lowest BCUT2D eigenvalue weighted by atomic mass is 10.00. The molecule has 28 heavy (non-hydrogen) atoms. The van der Waals surface area contributed by atoms with Crippen LogP contribution in [0.5, 0.6) is 11.5 Å². The summed E-state index contributed by atoms with van der Waals surface area (Å²) in [5.74, 6) is 1.24. The lowest BCUT2D eigenvalue weighted by Crippen LogP contribution is -2.01. The summed E-state index contributed by atoms with van der Waals surface area (Å²) in [6, 6.07) is 15.5. The van der Waals surface area contributed by atoms with Crippen molar-refractivity contribution in [3.05, 3.63) is 89.3 Å². The summed E-state index contributed by atoms with van der Waals surface area (Å²) in [6.07, 6.45) is 7.84. The first-order valence-electron chi connectivity index (χ1n) is 9.11. The van der Waals surface area contributed by atoms with Crippen LogP contribution in [0.4, 0.5) is 0 Å². The van der Waals surface area contributed by atoms with Crippen molar-refractivity contribution in [3.63, 3.8) is 0 Å². The second-order valence-electron chi connectivity index (χ2n) is 6.56. The summed E-state index contributed by atoms with van der Waals surface area (Å²) >= 11 is 0. The van der Waals surface area contributed by atoms with E-state index in [9.17, 15) is 5.11 Å². The minimum atomic E-state index is -0.752. The van der Waals surface area contributed by atoms with E-state index >= 15 is 0 Å². The van der Waals surface area contributed by atoms with Crippen molar-refractivity contribution in [2.75, 3.05) is 14.2 Å². The molecular formula is C23H22N2O3. The molecule has 0 saturated carbocycles. The van der Waals surface area contributed by atoms with Gasteiger partial charge in [-0.25, -0.2) is 4.68 Å². The van der Waals surface area contributed by atoms with Crippen molar-refractivity contribution in [1.29, 1.82) is 0 Å². The maximum Gasteiger partial charge on any atom is 0.161 e. The Kier molecular flexibility index (Phi) is 5.00. The summed E-state index contributed by atoms with van der Waals surface area (Å²) in [5, 5.41) is 15.4. The maximum absolute atomic E-state index is 10.9. The monoisotopic (exact) mass is 374 g/mol. The van der Waals surface area contributed by atoms with Gasteiger partial charge >= 0.3 is 0 Å². The van der Waals surface area contributed by atoms with Crippen molar-refractivity contribution >= 4 is 6.08 Å². The van der Waals surface area contributed by atoms with Crippen LogP contribution >= 0.6 is 0 Å². The zero-order valence-electron chi connectivity index (χ0n) is 15.9. The molecule has 0 amide bonds. The Bertz CT molecular complexity index is 1040. The molecule has 1 heterocycles. The Labute approximate surface area is 164 Å². The van der Waals surface area contributed by atoms with E-state index in [0.717, 1.165) is 28.1 Å². The molecule has 1 aliphatic rings. The first-order chi connectivity index (χ1) is 13.7. The molecule has 0 radical (unpaired) electrons. The highest BCUT2D eigenvalue weighted by Crippen LogP contribution is 2.34. The smallest absolute Gasteiger partial charge is 0.161 e. The van der Waals surface area contributed by atoms with Crippen molar-refractivity contribution in [2.45, 2.75) is 12.5 Å². The van der Waals surface area contributed by atoms with Gasteiger partial charge in [-0.2, -0.15) is 5.10 Å². The van der Waals surface area contributed by atoms with Gasteiger partial charge in [0.1, 0.15) is 6.10 Å². The number of methoxy groups -OCH3 is 2. The van der Waals surface area contributed by atoms with Gasteiger partial charge in [0.25, 0.3) is 0 Å². The third kappa shape index (κ3) is 3.32. The fourth-order valence-electron chi connectivity index (χ4n) is 3.39. The van der Waals surface area contributed by atoms with E-state index in [0.29, 0.717) is 17.9 Å². The van der Waals surface area contributed by atoms with E-state index < -0.39 is 6.10 Å². The van der Waals surface area contributed by atoms with Gasteiger partial charge in [0.15, 0.2) is 11.5 Å². The average molecular weight is 374 g/mol. The molecule has 0 bridgehead atoms.